The molecule has 0 saturated heterocycles. The Balaban J connectivity index is 1.62. The van der Waals surface area contributed by atoms with Crippen molar-refractivity contribution in [1.82, 2.24) is 24.8 Å². The highest BCUT2D eigenvalue weighted by Gasteiger charge is 2.22. The van der Waals surface area contributed by atoms with Gasteiger partial charge in [-0.3, -0.25) is 9.20 Å². The molecule has 1 aromatic carbocycles. The lowest BCUT2D eigenvalue weighted by Crippen LogP contribution is -2.29. The van der Waals surface area contributed by atoms with Crippen molar-refractivity contribution in [2.45, 2.75) is 26.3 Å². The number of halogens is 1. The zero-order valence-electron chi connectivity index (χ0n) is 14.6. The van der Waals surface area contributed by atoms with E-state index in [4.69, 9.17) is 4.52 Å². The van der Waals surface area contributed by atoms with Gasteiger partial charge in [0, 0.05) is 17.1 Å². The number of aromatic nitrogens is 4. The predicted octanol–water partition coefficient (Wildman–Crippen LogP) is 3.77. The van der Waals surface area contributed by atoms with Gasteiger partial charge in [0.1, 0.15) is 17.6 Å². The molecule has 9 heteroatoms. The highest BCUT2D eigenvalue weighted by atomic mass is 32.1. The molecule has 0 aliphatic heterocycles. The van der Waals surface area contributed by atoms with E-state index in [1.54, 1.807) is 35.0 Å². The summed E-state index contributed by atoms with van der Waals surface area (Å²) in [6, 6.07) is 5.83. The van der Waals surface area contributed by atoms with Crippen LogP contribution in [0.3, 0.4) is 0 Å². The van der Waals surface area contributed by atoms with Crippen molar-refractivity contribution >= 4 is 22.2 Å². The fourth-order valence-electron chi connectivity index (χ4n) is 2.76. The maximum absolute atomic E-state index is 13.5. The number of aryl methyl sites for hydroxylation is 1. The van der Waals surface area contributed by atoms with E-state index >= 15 is 0 Å². The second kappa shape index (κ2) is 6.92. The summed E-state index contributed by atoms with van der Waals surface area (Å²) in [5, 5.41) is 8.42. The Hall–Kier alpha value is -3.07. The smallest absolute Gasteiger partial charge is 0.269 e. The molecular formula is C18H16FN5O2S. The highest BCUT2D eigenvalue weighted by molar-refractivity contribution is 7.15. The van der Waals surface area contributed by atoms with Gasteiger partial charge in [-0.2, -0.15) is 4.98 Å². The van der Waals surface area contributed by atoms with E-state index in [-0.39, 0.29) is 17.8 Å². The van der Waals surface area contributed by atoms with Crippen LogP contribution in [0.1, 0.15) is 41.6 Å². The van der Waals surface area contributed by atoms with Gasteiger partial charge in [-0.25, -0.2) is 9.37 Å². The van der Waals surface area contributed by atoms with Crippen LogP contribution in [0.15, 0.2) is 40.4 Å². The van der Waals surface area contributed by atoms with Crippen LogP contribution >= 0.6 is 11.3 Å². The second-order valence-corrected chi connectivity index (χ2v) is 6.86. The SMILES string of the molecule is CC[C@H](NC(=O)c1csc2nc(-c3cccc(F)c3)cn12)c1nc(C)no1. The molecule has 0 bridgehead atoms. The van der Waals surface area contributed by atoms with E-state index in [1.807, 2.05) is 6.92 Å². The normalized spacial score (nSPS) is 12.4. The number of hydrogen-bond acceptors (Lipinski definition) is 6. The zero-order chi connectivity index (χ0) is 19.0. The fraction of sp³-hybridized carbons (Fsp3) is 0.222. The molecule has 1 N–H and O–H groups in total. The lowest BCUT2D eigenvalue weighted by Gasteiger charge is -2.12. The first-order valence-corrected chi connectivity index (χ1v) is 9.26. The molecule has 0 saturated carbocycles. The quantitative estimate of drug-likeness (QED) is 0.565. The monoisotopic (exact) mass is 385 g/mol. The minimum atomic E-state index is -0.375. The number of carbonyl (C=O) groups is 1. The third-order valence-corrected chi connectivity index (χ3v) is 4.96. The summed E-state index contributed by atoms with van der Waals surface area (Å²) in [5.41, 5.74) is 1.71. The van der Waals surface area contributed by atoms with Gasteiger partial charge in [0.25, 0.3) is 5.91 Å². The van der Waals surface area contributed by atoms with Crippen LogP contribution in [-0.2, 0) is 0 Å². The molecule has 0 aliphatic carbocycles. The number of amides is 1. The first kappa shape index (κ1) is 17.3. The topological polar surface area (TPSA) is 85.3 Å². The summed E-state index contributed by atoms with van der Waals surface area (Å²) in [6.45, 7) is 3.65. The number of imidazole rings is 1. The molecule has 0 fully saturated rings. The first-order valence-electron chi connectivity index (χ1n) is 8.38. The van der Waals surface area contributed by atoms with E-state index in [0.717, 1.165) is 0 Å². The van der Waals surface area contributed by atoms with E-state index in [0.29, 0.717) is 40.0 Å². The molecule has 7 nitrogen and oxygen atoms in total. The molecule has 1 atom stereocenters. The maximum atomic E-state index is 13.5. The molecule has 27 heavy (non-hydrogen) atoms. The van der Waals surface area contributed by atoms with Crippen LogP contribution in [0.5, 0.6) is 0 Å². The third-order valence-electron chi connectivity index (χ3n) is 4.12. The number of carbonyl (C=O) groups excluding carboxylic acids is 1. The molecule has 0 spiro atoms. The lowest BCUT2D eigenvalue weighted by molar-refractivity contribution is 0.0921. The average molecular weight is 385 g/mol. The van der Waals surface area contributed by atoms with Crippen molar-refractivity contribution < 1.29 is 13.7 Å². The Kier molecular flexibility index (Phi) is 4.44. The molecule has 0 aliphatic rings. The van der Waals surface area contributed by atoms with Gasteiger partial charge < -0.3 is 9.84 Å². The van der Waals surface area contributed by atoms with Crippen LogP contribution in [0.4, 0.5) is 4.39 Å². The van der Waals surface area contributed by atoms with Gasteiger partial charge in [0.05, 0.1) is 5.69 Å². The van der Waals surface area contributed by atoms with Crippen LogP contribution < -0.4 is 5.32 Å². The van der Waals surface area contributed by atoms with E-state index in [2.05, 4.69) is 20.4 Å². The van der Waals surface area contributed by atoms with Gasteiger partial charge in [0.2, 0.25) is 5.89 Å². The van der Waals surface area contributed by atoms with E-state index in [1.165, 1.54) is 23.5 Å². The minimum absolute atomic E-state index is 0.271. The number of fused-ring (bicyclic) bond motifs is 1. The van der Waals surface area contributed by atoms with Crippen molar-refractivity contribution in [3.63, 3.8) is 0 Å². The second-order valence-electron chi connectivity index (χ2n) is 6.02. The van der Waals surface area contributed by atoms with Gasteiger partial charge in [-0.05, 0) is 25.5 Å². The summed E-state index contributed by atoms with van der Waals surface area (Å²) >= 11 is 1.34. The number of hydrogen-bond donors (Lipinski definition) is 1. The Morgan fingerprint density at radius 2 is 2.26 bits per heavy atom. The first-order chi connectivity index (χ1) is 13.0. The minimum Gasteiger partial charge on any atom is -0.339 e. The predicted molar refractivity (Wildman–Crippen MR) is 98.0 cm³/mol. The Bertz CT molecular complexity index is 1120. The number of nitrogens with one attached hydrogen (secondary N) is 1. The standard InChI is InChI=1S/C18H16FN5O2S/c1-3-13(17-20-10(2)23-26-17)21-16(25)15-9-27-18-22-14(8-24(15)18)11-5-4-6-12(19)7-11/h4-9,13H,3H2,1-2H3,(H,21,25)/t13-/m0/s1. The van der Waals surface area contributed by atoms with E-state index in [9.17, 15) is 9.18 Å². The van der Waals surface area contributed by atoms with E-state index < -0.39 is 0 Å². The van der Waals surface area contributed by atoms with Crippen LogP contribution in [-0.4, -0.2) is 25.4 Å². The molecule has 3 heterocycles. The van der Waals surface area contributed by atoms with Crippen molar-refractivity contribution in [3.8, 4) is 11.3 Å². The van der Waals surface area contributed by atoms with Crippen LogP contribution in [0, 0.1) is 12.7 Å². The maximum Gasteiger partial charge on any atom is 0.269 e. The van der Waals surface area contributed by atoms with Gasteiger partial charge in [-0.1, -0.05) is 24.2 Å². The molecule has 1 amide bonds. The zero-order valence-corrected chi connectivity index (χ0v) is 15.5. The molecule has 4 rings (SSSR count). The average Bonchev–Trinajstić information content (AvgIpc) is 3.34. The highest BCUT2D eigenvalue weighted by Crippen LogP contribution is 2.25. The van der Waals surface area contributed by atoms with Gasteiger partial charge >= 0.3 is 0 Å². The summed E-state index contributed by atoms with van der Waals surface area (Å²) in [5.74, 6) is 0.292. The third kappa shape index (κ3) is 3.33. The number of rotatable bonds is 5. The Morgan fingerprint density at radius 3 is 2.96 bits per heavy atom. The summed E-state index contributed by atoms with van der Waals surface area (Å²) in [4.78, 5) is 22.1. The Labute approximate surface area is 157 Å². The molecule has 138 valence electrons. The molecule has 0 radical (unpaired) electrons. The van der Waals surface area contributed by atoms with Crippen molar-refractivity contribution in [3.05, 3.63) is 59.1 Å². The van der Waals surface area contributed by atoms with Crippen molar-refractivity contribution in [1.29, 1.82) is 0 Å². The molecular weight excluding hydrogens is 369 g/mol. The van der Waals surface area contributed by atoms with Crippen LogP contribution in [0.2, 0.25) is 0 Å². The summed E-state index contributed by atoms with van der Waals surface area (Å²) in [7, 11) is 0. The number of thiazole rings is 1. The Morgan fingerprint density at radius 1 is 1.41 bits per heavy atom. The molecule has 0 unspecified atom stereocenters. The lowest BCUT2D eigenvalue weighted by atomic mass is 10.2. The fourth-order valence-corrected chi connectivity index (χ4v) is 3.61. The van der Waals surface area contributed by atoms with Crippen molar-refractivity contribution in [2.75, 3.05) is 0 Å². The largest absolute Gasteiger partial charge is 0.339 e. The number of benzene rings is 1. The van der Waals surface area contributed by atoms with Gasteiger partial charge in [-0.15, -0.1) is 11.3 Å². The van der Waals surface area contributed by atoms with Crippen LogP contribution in [0.25, 0.3) is 16.2 Å². The summed E-state index contributed by atoms with van der Waals surface area (Å²) < 4.78 is 20.3. The summed E-state index contributed by atoms with van der Waals surface area (Å²) in [6.07, 6.45) is 2.34. The van der Waals surface area contributed by atoms with Crippen molar-refractivity contribution in [2.24, 2.45) is 0 Å². The molecule has 3 aromatic heterocycles. The number of nitrogens with zero attached hydrogens (tertiary/aromatic N) is 4. The molecule has 4 aromatic rings. The van der Waals surface area contributed by atoms with Gasteiger partial charge in [0.15, 0.2) is 10.8 Å².